The summed E-state index contributed by atoms with van der Waals surface area (Å²) in [5.41, 5.74) is 3.10. The van der Waals surface area contributed by atoms with Crippen LogP contribution < -0.4 is 0 Å². The van der Waals surface area contributed by atoms with Crippen molar-refractivity contribution in [1.82, 2.24) is 9.55 Å². The summed E-state index contributed by atoms with van der Waals surface area (Å²) in [4.78, 5) is 4.18. The lowest BCUT2D eigenvalue weighted by molar-refractivity contribution is 0.651. The first-order chi connectivity index (χ1) is 8.38. The Morgan fingerprint density at radius 3 is 2.88 bits per heavy atom. The molecule has 0 amide bonds. The number of fused-ring (bicyclic) bond motifs is 1. The van der Waals surface area contributed by atoms with E-state index in [9.17, 15) is 0 Å². The van der Waals surface area contributed by atoms with Crippen molar-refractivity contribution in [3.63, 3.8) is 0 Å². The molecule has 1 aliphatic heterocycles. The van der Waals surface area contributed by atoms with Gasteiger partial charge in [-0.2, -0.15) is 5.26 Å². The van der Waals surface area contributed by atoms with Crippen molar-refractivity contribution in [3.8, 4) is 6.07 Å². The second-order valence-corrected chi connectivity index (χ2v) is 4.10. The van der Waals surface area contributed by atoms with Gasteiger partial charge in [0, 0.05) is 18.3 Å². The fourth-order valence-electron chi connectivity index (χ4n) is 2.18. The Kier molecular flexibility index (Phi) is 2.27. The quantitative estimate of drug-likeness (QED) is 0.694. The normalized spacial score (nSPS) is 17.5. The number of hydrogen-bond acceptors (Lipinski definition) is 2. The van der Waals surface area contributed by atoms with Crippen molar-refractivity contribution in [1.29, 1.82) is 5.26 Å². The molecule has 0 N–H and O–H groups in total. The highest BCUT2D eigenvalue weighted by Gasteiger charge is 2.16. The third kappa shape index (κ3) is 1.64. The summed E-state index contributed by atoms with van der Waals surface area (Å²) in [6, 6.07) is 10.1. The van der Waals surface area contributed by atoms with Crippen LogP contribution in [0.5, 0.6) is 0 Å². The SMILES string of the molecule is N#Cc1ccc([C@@H]2C=CCc3cncn32)cc1. The minimum atomic E-state index is 0.203. The van der Waals surface area contributed by atoms with Gasteiger partial charge in [0.25, 0.3) is 0 Å². The summed E-state index contributed by atoms with van der Waals surface area (Å²) in [7, 11) is 0. The van der Waals surface area contributed by atoms with E-state index >= 15 is 0 Å². The zero-order valence-corrected chi connectivity index (χ0v) is 9.24. The summed E-state index contributed by atoms with van der Waals surface area (Å²) in [5.74, 6) is 0. The molecule has 2 aromatic rings. The van der Waals surface area contributed by atoms with E-state index in [-0.39, 0.29) is 6.04 Å². The fourth-order valence-corrected chi connectivity index (χ4v) is 2.18. The molecule has 0 bridgehead atoms. The third-order valence-corrected chi connectivity index (χ3v) is 3.07. The topological polar surface area (TPSA) is 41.6 Å². The Hall–Kier alpha value is -2.34. The number of allylic oxidation sites excluding steroid dienone is 2. The number of aromatic nitrogens is 2. The van der Waals surface area contributed by atoms with Crippen molar-refractivity contribution < 1.29 is 0 Å². The number of imidazole rings is 1. The van der Waals surface area contributed by atoms with Gasteiger partial charge in [0.15, 0.2) is 0 Å². The maximum Gasteiger partial charge on any atom is 0.0991 e. The van der Waals surface area contributed by atoms with Crippen LogP contribution in [-0.2, 0) is 6.42 Å². The number of nitriles is 1. The number of hydrogen-bond donors (Lipinski definition) is 0. The predicted octanol–water partition coefficient (Wildman–Crippen LogP) is 2.46. The molecule has 0 spiro atoms. The molecule has 1 atom stereocenters. The van der Waals surface area contributed by atoms with E-state index in [1.54, 1.807) is 0 Å². The third-order valence-electron chi connectivity index (χ3n) is 3.07. The molecule has 2 heterocycles. The van der Waals surface area contributed by atoms with Crippen LogP contribution in [0.3, 0.4) is 0 Å². The van der Waals surface area contributed by atoms with Crippen LogP contribution in [0.25, 0.3) is 0 Å². The van der Waals surface area contributed by atoms with E-state index < -0.39 is 0 Å². The first-order valence-corrected chi connectivity index (χ1v) is 5.56. The van der Waals surface area contributed by atoms with Crippen molar-refractivity contribution in [2.24, 2.45) is 0 Å². The van der Waals surface area contributed by atoms with Crippen LogP contribution >= 0.6 is 0 Å². The molecule has 3 heteroatoms. The number of benzene rings is 1. The molecule has 0 saturated carbocycles. The van der Waals surface area contributed by atoms with Gasteiger partial charge in [-0.05, 0) is 17.7 Å². The minimum Gasteiger partial charge on any atom is -0.323 e. The average molecular weight is 221 g/mol. The summed E-state index contributed by atoms with van der Waals surface area (Å²) in [6.07, 6.45) is 9.05. The first kappa shape index (κ1) is 9.86. The van der Waals surface area contributed by atoms with Crippen LogP contribution in [0.2, 0.25) is 0 Å². The lowest BCUT2D eigenvalue weighted by Gasteiger charge is -2.21. The zero-order chi connectivity index (χ0) is 11.7. The van der Waals surface area contributed by atoms with Crippen molar-refractivity contribution >= 4 is 0 Å². The van der Waals surface area contributed by atoms with Gasteiger partial charge in [0.1, 0.15) is 0 Å². The number of rotatable bonds is 1. The van der Waals surface area contributed by atoms with E-state index in [0.717, 1.165) is 6.42 Å². The Bertz CT molecular complexity index is 599. The average Bonchev–Trinajstić information content (AvgIpc) is 2.87. The minimum absolute atomic E-state index is 0.203. The molecule has 1 aromatic carbocycles. The Morgan fingerprint density at radius 1 is 1.29 bits per heavy atom. The van der Waals surface area contributed by atoms with E-state index in [1.807, 2.05) is 36.8 Å². The molecule has 0 radical (unpaired) electrons. The van der Waals surface area contributed by atoms with Gasteiger partial charge in [-0.3, -0.25) is 0 Å². The van der Waals surface area contributed by atoms with Gasteiger partial charge in [0.2, 0.25) is 0 Å². The molecule has 0 aliphatic carbocycles. The molecule has 0 fully saturated rings. The molecule has 17 heavy (non-hydrogen) atoms. The van der Waals surface area contributed by atoms with Crippen LogP contribution in [0.1, 0.15) is 22.9 Å². The van der Waals surface area contributed by atoms with Crippen LogP contribution in [0.15, 0.2) is 48.9 Å². The highest BCUT2D eigenvalue weighted by molar-refractivity contribution is 5.35. The highest BCUT2D eigenvalue weighted by atomic mass is 15.1. The molecule has 3 nitrogen and oxygen atoms in total. The van der Waals surface area contributed by atoms with Crippen LogP contribution in [-0.4, -0.2) is 9.55 Å². The second kappa shape index (κ2) is 3.91. The van der Waals surface area contributed by atoms with Gasteiger partial charge in [-0.15, -0.1) is 0 Å². The smallest absolute Gasteiger partial charge is 0.0991 e. The van der Waals surface area contributed by atoms with Gasteiger partial charge < -0.3 is 4.57 Å². The van der Waals surface area contributed by atoms with Crippen LogP contribution in [0, 0.1) is 11.3 Å². The molecular formula is C14H11N3. The fraction of sp³-hybridized carbons (Fsp3) is 0.143. The van der Waals surface area contributed by atoms with Gasteiger partial charge >= 0.3 is 0 Å². The van der Waals surface area contributed by atoms with Gasteiger partial charge in [-0.25, -0.2) is 4.98 Å². The van der Waals surface area contributed by atoms with Crippen molar-refractivity contribution in [3.05, 3.63) is 65.8 Å². The summed E-state index contributed by atoms with van der Waals surface area (Å²) >= 11 is 0. The van der Waals surface area contributed by atoms with E-state index in [4.69, 9.17) is 5.26 Å². The lowest BCUT2D eigenvalue weighted by atomic mass is 10.0. The molecule has 1 aliphatic rings. The summed E-state index contributed by atoms with van der Waals surface area (Å²) < 4.78 is 2.17. The molecule has 3 rings (SSSR count). The predicted molar refractivity (Wildman–Crippen MR) is 64.4 cm³/mol. The summed E-state index contributed by atoms with van der Waals surface area (Å²) in [5, 5.41) is 8.78. The van der Waals surface area contributed by atoms with E-state index in [0.29, 0.717) is 5.56 Å². The number of nitrogens with zero attached hydrogens (tertiary/aromatic N) is 3. The van der Waals surface area contributed by atoms with E-state index in [1.165, 1.54) is 11.3 Å². The largest absolute Gasteiger partial charge is 0.323 e. The van der Waals surface area contributed by atoms with Crippen molar-refractivity contribution in [2.45, 2.75) is 12.5 Å². The molecule has 1 aromatic heterocycles. The highest BCUT2D eigenvalue weighted by Crippen LogP contribution is 2.25. The lowest BCUT2D eigenvalue weighted by Crippen LogP contribution is -2.13. The maximum atomic E-state index is 8.78. The Morgan fingerprint density at radius 2 is 2.12 bits per heavy atom. The molecular weight excluding hydrogens is 210 g/mol. The molecule has 0 unspecified atom stereocenters. The summed E-state index contributed by atoms with van der Waals surface area (Å²) in [6.45, 7) is 0. The van der Waals surface area contributed by atoms with Crippen molar-refractivity contribution in [2.75, 3.05) is 0 Å². The Labute approximate surface area is 99.6 Å². The first-order valence-electron chi connectivity index (χ1n) is 5.56. The molecule has 0 saturated heterocycles. The zero-order valence-electron chi connectivity index (χ0n) is 9.24. The standard InChI is InChI=1S/C14H11N3/c15-8-11-4-6-12(7-5-11)14-3-1-2-13-9-16-10-17(13)14/h1,3-7,9-10,14H,2H2/t14-/m0/s1. The second-order valence-electron chi connectivity index (χ2n) is 4.10. The maximum absolute atomic E-state index is 8.78. The molecule has 82 valence electrons. The monoisotopic (exact) mass is 221 g/mol. The van der Waals surface area contributed by atoms with E-state index in [2.05, 4.69) is 27.8 Å². The van der Waals surface area contributed by atoms with Crippen LogP contribution in [0.4, 0.5) is 0 Å². The van der Waals surface area contributed by atoms with Gasteiger partial charge in [0.05, 0.1) is 24.0 Å². The Balaban J connectivity index is 2.02. The van der Waals surface area contributed by atoms with Gasteiger partial charge in [-0.1, -0.05) is 24.3 Å².